The summed E-state index contributed by atoms with van der Waals surface area (Å²) < 4.78 is 7.70. The number of rotatable bonds is 3. The van der Waals surface area contributed by atoms with Crippen molar-refractivity contribution in [2.45, 2.75) is 32.1 Å². The largest absolute Gasteiger partial charge is 0.476 e. The van der Waals surface area contributed by atoms with Crippen molar-refractivity contribution in [2.24, 2.45) is 13.0 Å². The summed E-state index contributed by atoms with van der Waals surface area (Å²) in [7, 11) is 1.87. The average Bonchev–Trinajstić information content (AvgIpc) is 2.87. The highest BCUT2D eigenvalue weighted by atomic mass is 16.5. The highest BCUT2D eigenvalue weighted by molar-refractivity contribution is 5.76. The Kier molecular flexibility index (Phi) is 3.50. The van der Waals surface area contributed by atoms with Gasteiger partial charge in [0.1, 0.15) is 6.07 Å². The molecule has 0 atom stereocenters. The van der Waals surface area contributed by atoms with Crippen molar-refractivity contribution in [1.82, 2.24) is 19.5 Å². The van der Waals surface area contributed by atoms with Gasteiger partial charge in [-0.3, -0.25) is 0 Å². The maximum Gasteiger partial charge on any atom is 0.244 e. The van der Waals surface area contributed by atoms with Crippen molar-refractivity contribution < 1.29 is 4.74 Å². The Balaban J connectivity index is 1.85. The number of fused-ring (bicyclic) bond motifs is 1. The van der Waals surface area contributed by atoms with Crippen LogP contribution in [0.15, 0.2) is 6.33 Å². The topological polar surface area (TPSA) is 76.6 Å². The molecule has 0 aromatic carbocycles. The van der Waals surface area contributed by atoms with E-state index in [-0.39, 0.29) is 5.82 Å². The summed E-state index contributed by atoms with van der Waals surface area (Å²) in [5, 5.41) is 8.98. The number of aryl methyl sites for hydroxylation is 1. The number of hydrogen-bond donors (Lipinski definition) is 0. The van der Waals surface area contributed by atoms with Crippen molar-refractivity contribution in [2.75, 3.05) is 6.61 Å². The molecule has 0 amide bonds. The standard InChI is InChI=1S/C14H17N5O/c1-19-9-16-13-12(19)14(18-11(7-15)17-13)20-8-10-5-3-2-4-6-10/h9-10H,2-6,8H2,1H3. The molecule has 0 radical (unpaired) electrons. The van der Waals surface area contributed by atoms with Crippen molar-refractivity contribution in [3.8, 4) is 11.9 Å². The van der Waals surface area contributed by atoms with Crippen LogP contribution in [0.3, 0.4) is 0 Å². The van der Waals surface area contributed by atoms with Gasteiger partial charge in [0, 0.05) is 7.05 Å². The monoisotopic (exact) mass is 271 g/mol. The van der Waals surface area contributed by atoms with Gasteiger partial charge in [-0.05, 0) is 18.8 Å². The first-order chi connectivity index (χ1) is 9.78. The first kappa shape index (κ1) is 12.9. The van der Waals surface area contributed by atoms with E-state index in [0.29, 0.717) is 24.1 Å². The zero-order valence-electron chi connectivity index (χ0n) is 11.5. The van der Waals surface area contributed by atoms with Gasteiger partial charge in [0.2, 0.25) is 11.7 Å². The molecule has 20 heavy (non-hydrogen) atoms. The maximum atomic E-state index is 8.98. The van der Waals surface area contributed by atoms with Crippen LogP contribution in [0, 0.1) is 17.2 Å². The molecule has 1 fully saturated rings. The van der Waals surface area contributed by atoms with Gasteiger partial charge in [-0.1, -0.05) is 19.3 Å². The lowest BCUT2D eigenvalue weighted by molar-refractivity contribution is 0.204. The third-order valence-corrected chi connectivity index (χ3v) is 3.82. The molecule has 0 saturated heterocycles. The Morgan fingerprint density at radius 2 is 2.15 bits per heavy atom. The first-order valence-corrected chi connectivity index (χ1v) is 7.00. The van der Waals surface area contributed by atoms with E-state index in [1.807, 2.05) is 17.7 Å². The van der Waals surface area contributed by atoms with Crippen LogP contribution >= 0.6 is 0 Å². The van der Waals surface area contributed by atoms with Crippen LogP contribution in [0.4, 0.5) is 0 Å². The molecule has 6 heteroatoms. The predicted molar refractivity (Wildman–Crippen MR) is 73.1 cm³/mol. The SMILES string of the molecule is Cn1cnc2nc(C#N)nc(OCC3CCCCC3)c21. The normalized spacial score (nSPS) is 16.2. The van der Waals surface area contributed by atoms with Crippen molar-refractivity contribution in [1.29, 1.82) is 5.26 Å². The molecule has 6 nitrogen and oxygen atoms in total. The van der Waals surface area contributed by atoms with E-state index in [9.17, 15) is 0 Å². The van der Waals surface area contributed by atoms with Crippen LogP contribution < -0.4 is 4.74 Å². The zero-order chi connectivity index (χ0) is 13.9. The van der Waals surface area contributed by atoms with E-state index in [4.69, 9.17) is 10.00 Å². The highest BCUT2D eigenvalue weighted by Gasteiger charge is 2.17. The van der Waals surface area contributed by atoms with E-state index in [1.54, 1.807) is 6.33 Å². The fourth-order valence-corrected chi connectivity index (χ4v) is 2.72. The zero-order valence-corrected chi connectivity index (χ0v) is 11.5. The molecule has 0 aliphatic heterocycles. The molecular weight excluding hydrogens is 254 g/mol. The molecule has 104 valence electrons. The van der Waals surface area contributed by atoms with Gasteiger partial charge in [0.05, 0.1) is 12.9 Å². The Hall–Kier alpha value is -2.16. The molecule has 0 N–H and O–H groups in total. The Morgan fingerprint density at radius 1 is 1.35 bits per heavy atom. The minimum absolute atomic E-state index is 0.106. The van der Waals surface area contributed by atoms with Crippen molar-refractivity contribution in [3.05, 3.63) is 12.2 Å². The van der Waals surface area contributed by atoms with Crippen LogP contribution in [0.25, 0.3) is 11.2 Å². The Labute approximate surface area is 117 Å². The van der Waals surface area contributed by atoms with Crippen molar-refractivity contribution in [3.63, 3.8) is 0 Å². The van der Waals surface area contributed by atoms with Crippen molar-refractivity contribution >= 4 is 11.2 Å². The third kappa shape index (κ3) is 2.44. The van der Waals surface area contributed by atoms with Gasteiger partial charge < -0.3 is 9.30 Å². The summed E-state index contributed by atoms with van der Waals surface area (Å²) in [5.41, 5.74) is 1.26. The van der Waals surface area contributed by atoms with Gasteiger partial charge in [0.25, 0.3) is 0 Å². The highest BCUT2D eigenvalue weighted by Crippen LogP contribution is 2.26. The summed E-state index contributed by atoms with van der Waals surface area (Å²) in [6.45, 7) is 0.655. The summed E-state index contributed by atoms with van der Waals surface area (Å²) in [6, 6.07) is 1.96. The minimum atomic E-state index is 0.106. The van der Waals surface area contributed by atoms with Gasteiger partial charge in [-0.2, -0.15) is 15.2 Å². The second kappa shape index (κ2) is 5.45. The van der Waals surface area contributed by atoms with Crippen LogP contribution in [0.1, 0.15) is 37.9 Å². The number of ether oxygens (including phenoxy) is 1. The number of hydrogen-bond acceptors (Lipinski definition) is 5. The predicted octanol–water partition coefficient (Wildman–Crippen LogP) is 2.19. The quantitative estimate of drug-likeness (QED) is 0.855. The lowest BCUT2D eigenvalue weighted by Crippen LogP contribution is -2.16. The molecule has 2 aromatic rings. The molecular formula is C14H17N5O. The molecule has 1 aliphatic carbocycles. The summed E-state index contributed by atoms with van der Waals surface area (Å²) in [5.74, 6) is 1.17. The van der Waals surface area contributed by atoms with Crippen LogP contribution in [-0.4, -0.2) is 26.1 Å². The second-order valence-electron chi connectivity index (χ2n) is 5.31. The van der Waals surface area contributed by atoms with E-state index in [1.165, 1.54) is 32.1 Å². The minimum Gasteiger partial charge on any atom is -0.476 e. The number of aromatic nitrogens is 4. The summed E-state index contributed by atoms with van der Waals surface area (Å²) in [4.78, 5) is 12.4. The van der Waals surface area contributed by atoms with Crippen LogP contribution in [0.2, 0.25) is 0 Å². The third-order valence-electron chi connectivity index (χ3n) is 3.82. The molecule has 1 aliphatic rings. The smallest absolute Gasteiger partial charge is 0.244 e. The van der Waals surface area contributed by atoms with E-state index in [2.05, 4.69) is 15.0 Å². The van der Waals surface area contributed by atoms with Gasteiger partial charge in [-0.25, -0.2) is 4.98 Å². The van der Waals surface area contributed by atoms with Gasteiger partial charge >= 0.3 is 0 Å². The van der Waals surface area contributed by atoms with Crippen LogP contribution in [-0.2, 0) is 7.05 Å². The van der Waals surface area contributed by atoms with Gasteiger partial charge in [-0.15, -0.1) is 0 Å². The van der Waals surface area contributed by atoms with E-state index >= 15 is 0 Å². The average molecular weight is 271 g/mol. The Morgan fingerprint density at radius 3 is 2.90 bits per heavy atom. The molecule has 1 saturated carbocycles. The molecule has 0 bridgehead atoms. The Bertz CT molecular complexity index is 651. The lowest BCUT2D eigenvalue weighted by Gasteiger charge is -2.21. The number of nitrogens with zero attached hydrogens (tertiary/aromatic N) is 5. The molecule has 0 spiro atoms. The number of imidazole rings is 1. The summed E-state index contributed by atoms with van der Waals surface area (Å²) >= 11 is 0. The first-order valence-electron chi connectivity index (χ1n) is 7.00. The summed E-state index contributed by atoms with van der Waals surface area (Å²) in [6.07, 6.45) is 7.97. The molecule has 2 heterocycles. The fourth-order valence-electron chi connectivity index (χ4n) is 2.72. The van der Waals surface area contributed by atoms with Gasteiger partial charge in [0.15, 0.2) is 11.2 Å². The second-order valence-corrected chi connectivity index (χ2v) is 5.31. The number of nitriles is 1. The molecule has 0 unspecified atom stereocenters. The fraction of sp³-hybridized carbons (Fsp3) is 0.571. The molecule has 2 aromatic heterocycles. The van der Waals surface area contributed by atoms with E-state index in [0.717, 1.165) is 5.52 Å². The molecule has 3 rings (SSSR count). The van der Waals surface area contributed by atoms with E-state index < -0.39 is 0 Å². The lowest BCUT2D eigenvalue weighted by atomic mass is 9.90. The van der Waals surface area contributed by atoms with Crippen LogP contribution in [0.5, 0.6) is 5.88 Å². The maximum absolute atomic E-state index is 8.98.